The van der Waals surface area contributed by atoms with Crippen molar-refractivity contribution in [2.24, 2.45) is 0 Å². The minimum atomic E-state index is -0.460. The summed E-state index contributed by atoms with van der Waals surface area (Å²) in [4.78, 5) is 2.11. The zero-order valence-corrected chi connectivity index (χ0v) is 10.3. The molecule has 0 bridgehead atoms. The second kappa shape index (κ2) is 7.63. The highest BCUT2D eigenvalue weighted by Crippen LogP contribution is 2.04. The summed E-state index contributed by atoms with van der Waals surface area (Å²) in [5.41, 5.74) is -0.460. The molecule has 0 fully saturated rings. The zero-order valence-electron chi connectivity index (χ0n) is 10.3. The maximum atomic E-state index is 9.12. The number of methoxy groups -OCH3 is 1. The number of rotatable bonds is 8. The lowest BCUT2D eigenvalue weighted by Crippen LogP contribution is -2.50. The van der Waals surface area contributed by atoms with Gasteiger partial charge in [-0.2, -0.15) is 5.26 Å². The molecule has 0 aromatic heterocycles. The number of hydrogen-bond acceptors (Lipinski definition) is 4. The SMILES string of the molecule is CCCNC(C)(C#N)CN(C)CCOC. The second-order valence-electron chi connectivity index (χ2n) is 4.10. The minimum Gasteiger partial charge on any atom is -0.383 e. The molecule has 15 heavy (non-hydrogen) atoms. The third kappa shape index (κ3) is 6.45. The van der Waals surface area contributed by atoms with Crippen LogP contribution in [0.1, 0.15) is 20.3 Å². The van der Waals surface area contributed by atoms with Crippen molar-refractivity contribution in [1.29, 1.82) is 5.26 Å². The molecule has 1 N–H and O–H groups in total. The number of nitrogens with one attached hydrogen (secondary N) is 1. The Morgan fingerprint density at radius 2 is 2.20 bits per heavy atom. The zero-order chi connectivity index (χ0) is 11.7. The maximum absolute atomic E-state index is 9.12. The Labute approximate surface area is 93.2 Å². The average Bonchev–Trinajstić information content (AvgIpc) is 2.23. The van der Waals surface area contributed by atoms with Gasteiger partial charge < -0.3 is 9.64 Å². The molecule has 0 radical (unpaired) electrons. The molecule has 0 aromatic rings. The van der Waals surface area contributed by atoms with E-state index in [9.17, 15) is 0 Å². The fourth-order valence-electron chi connectivity index (χ4n) is 1.40. The van der Waals surface area contributed by atoms with Crippen LogP contribution in [0.25, 0.3) is 0 Å². The molecule has 0 aliphatic heterocycles. The summed E-state index contributed by atoms with van der Waals surface area (Å²) in [5.74, 6) is 0. The van der Waals surface area contributed by atoms with Gasteiger partial charge in [0.25, 0.3) is 0 Å². The lowest BCUT2D eigenvalue weighted by atomic mass is 10.0. The van der Waals surface area contributed by atoms with Crippen LogP contribution in [0.5, 0.6) is 0 Å². The first-order valence-electron chi connectivity index (χ1n) is 5.41. The first-order valence-corrected chi connectivity index (χ1v) is 5.41. The molecule has 0 saturated carbocycles. The summed E-state index contributed by atoms with van der Waals surface area (Å²) in [6.07, 6.45) is 1.04. The molecule has 0 aliphatic carbocycles. The Morgan fingerprint density at radius 3 is 2.67 bits per heavy atom. The van der Waals surface area contributed by atoms with Crippen molar-refractivity contribution >= 4 is 0 Å². The first-order chi connectivity index (χ1) is 7.08. The first kappa shape index (κ1) is 14.4. The highest BCUT2D eigenvalue weighted by Gasteiger charge is 2.24. The van der Waals surface area contributed by atoms with Gasteiger partial charge >= 0.3 is 0 Å². The molecule has 0 rings (SSSR count). The lowest BCUT2D eigenvalue weighted by Gasteiger charge is -2.28. The van der Waals surface area contributed by atoms with Crippen molar-refractivity contribution < 1.29 is 4.74 Å². The van der Waals surface area contributed by atoms with Crippen LogP contribution in [-0.4, -0.2) is 50.8 Å². The Balaban J connectivity index is 4.01. The van der Waals surface area contributed by atoms with Gasteiger partial charge in [-0.05, 0) is 26.9 Å². The van der Waals surface area contributed by atoms with E-state index >= 15 is 0 Å². The summed E-state index contributed by atoms with van der Waals surface area (Å²) < 4.78 is 5.00. The molecule has 4 heteroatoms. The van der Waals surface area contributed by atoms with Crippen molar-refractivity contribution in [3.05, 3.63) is 0 Å². The van der Waals surface area contributed by atoms with Crippen LogP contribution in [-0.2, 0) is 4.74 Å². The third-order valence-corrected chi connectivity index (χ3v) is 2.28. The monoisotopic (exact) mass is 213 g/mol. The van der Waals surface area contributed by atoms with E-state index in [0.717, 1.165) is 19.5 Å². The Bertz CT molecular complexity index is 202. The molecular weight excluding hydrogens is 190 g/mol. The Hall–Kier alpha value is -0.630. The standard InChI is InChI=1S/C11H23N3O/c1-5-6-13-11(2,9-12)10-14(3)7-8-15-4/h13H,5-8,10H2,1-4H3. The van der Waals surface area contributed by atoms with Crippen LogP contribution in [0.15, 0.2) is 0 Å². The summed E-state index contributed by atoms with van der Waals surface area (Å²) in [7, 11) is 3.69. The van der Waals surface area contributed by atoms with E-state index in [-0.39, 0.29) is 0 Å². The van der Waals surface area contributed by atoms with Crippen molar-refractivity contribution in [2.75, 3.05) is 40.4 Å². The van der Waals surface area contributed by atoms with E-state index in [0.29, 0.717) is 13.2 Å². The van der Waals surface area contributed by atoms with Gasteiger partial charge in [-0.15, -0.1) is 0 Å². The number of nitrogens with zero attached hydrogens (tertiary/aromatic N) is 2. The van der Waals surface area contributed by atoms with E-state index in [1.807, 2.05) is 14.0 Å². The molecule has 0 aromatic carbocycles. The Kier molecular flexibility index (Phi) is 7.31. The highest BCUT2D eigenvalue weighted by molar-refractivity contribution is 5.05. The fraction of sp³-hybridized carbons (Fsp3) is 0.909. The van der Waals surface area contributed by atoms with Crippen molar-refractivity contribution in [1.82, 2.24) is 10.2 Å². The van der Waals surface area contributed by atoms with Gasteiger partial charge in [0.1, 0.15) is 5.54 Å². The molecular formula is C11H23N3O. The summed E-state index contributed by atoms with van der Waals surface area (Å²) in [6, 6.07) is 2.33. The molecule has 0 aliphatic rings. The van der Waals surface area contributed by atoms with Crippen molar-refractivity contribution in [3.8, 4) is 6.07 Å². The quantitative estimate of drug-likeness (QED) is 0.649. The van der Waals surface area contributed by atoms with Crippen molar-refractivity contribution in [3.63, 3.8) is 0 Å². The van der Waals surface area contributed by atoms with E-state index < -0.39 is 5.54 Å². The molecule has 0 amide bonds. The smallest absolute Gasteiger partial charge is 0.116 e. The summed E-state index contributed by atoms with van der Waals surface area (Å²) in [6.45, 7) is 7.17. The maximum Gasteiger partial charge on any atom is 0.116 e. The number of likely N-dealkylation sites (N-methyl/N-ethyl adjacent to an activating group) is 1. The molecule has 0 saturated heterocycles. The molecule has 4 nitrogen and oxygen atoms in total. The normalized spacial score (nSPS) is 14.9. The molecule has 0 heterocycles. The second-order valence-corrected chi connectivity index (χ2v) is 4.10. The van der Waals surface area contributed by atoms with Gasteiger partial charge in [-0.25, -0.2) is 0 Å². The van der Waals surface area contributed by atoms with E-state index in [1.54, 1.807) is 7.11 Å². The molecule has 1 unspecified atom stereocenters. The van der Waals surface area contributed by atoms with Crippen LogP contribution >= 0.6 is 0 Å². The van der Waals surface area contributed by atoms with E-state index in [1.165, 1.54) is 0 Å². The van der Waals surface area contributed by atoms with Crippen LogP contribution in [0.3, 0.4) is 0 Å². The van der Waals surface area contributed by atoms with Crippen LogP contribution in [0, 0.1) is 11.3 Å². The highest BCUT2D eigenvalue weighted by atomic mass is 16.5. The molecule has 88 valence electrons. The predicted molar refractivity (Wildman–Crippen MR) is 61.7 cm³/mol. The van der Waals surface area contributed by atoms with Crippen LogP contribution in [0.4, 0.5) is 0 Å². The van der Waals surface area contributed by atoms with Gasteiger partial charge in [-0.1, -0.05) is 6.92 Å². The summed E-state index contributed by atoms with van der Waals surface area (Å²) in [5, 5.41) is 12.4. The third-order valence-electron chi connectivity index (χ3n) is 2.28. The lowest BCUT2D eigenvalue weighted by molar-refractivity contribution is 0.150. The Morgan fingerprint density at radius 1 is 1.53 bits per heavy atom. The van der Waals surface area contributed by atoms with Crippen LogP contribution in [0.2, 0.25) is 0 Å². The number of ether oxygens (including phenoxy) is 1. The minimum absolute atomic E-state index is 0.460. The largest absolute Gasteiger partial charge is 0.383 e. The van der Waals surface area contributed by atoms with Gasteiger partial charge in [0.2, 0.25) is 0 Å². The summed E-state index contributed by atoms with van der Waals surface area (Å²) >= 11 is 0. The topological polar surface area (TPSA) is 48.3 Å². The number of hydrogen-bond donors (Lipinski definition) is 1. The van der Waals surface area contributed by atoms with Gasteiger partial charge in [-0.3, -0.25) is 5.32 Å². The van der Waals surface area contributed by atoms with Gasteiger partial charge in [0.05, 0.1) is 12.7 Å². The van der Waals surface area contributed by atoms with E-state index in [4.69, 9.17) is 10.00 Å². The predicted octanol–water partition coefficient (Wildman–Crippen LogP) is 0.846. The number of nitriles is 1. The van der Waals surface area contributed by atoms with Gasteiger partial charge in [0, 0.05) is 20.2 Å². The van der Waals surface area contributed by atoms with Crippen molar-refractivity contribution in [2.45, 2.75) is 25.8 Å². The molecule has 0 spiro atoms. The van der Waals surface area contributed by atoms with E-state index in [2.05, 4.69) is 23.2 Å². The molecule has 1 atom stereocenters. The van der Waals surface area contributed by atoms with Crippen LogP contribution < -0.4 is 5.32 Å². The van der Waals surface area contributed by atoms with Gasteiger partial charge in [0.15, 0.2) is 0 Å². The fourth-order valence-corrected chi connectivity index (χ4v) is 1.40. The average molecular weight is 213 g/mol.